The van der Waals surface area contributed by atoms with Crippen LogP contribution in [0.4, 0.5) is 13.2 Å². The predicted octanol–water partition coefficient (Wildman–Crippen LogP) is 6.08. The van der Waals surface area contributed by atoms with E-state index in [0.717, 1.165) is 30.5 Å². The average Bonchev–Trinajstić information content (AvgIpc) is 3.08. The minimum Gasteiger partial charge on any atom is -0.351 e. The average molecular weight is 344 g/mol. The van der Waals surface area contributed by atoms with E-state index in [2.05, 4.69) is 4.57 Å². The molecule has 0 spiro atoms. The first-order valence-corrected chi connectivity index (χ1v) is 8.44. The van der Waals surface area contributed by atoms with Gasteiger partial charge in [-0.25, -0.2) is 0 Å². The molecule has 3 rings (SSSR count). The molecule has 1 fully saturated rings. The SMILES string of the molecule is N#C/C(=C\c1ccn(C2CCCCC2)c1)c1cccc(C(F)(F)F)c1. The van der Waals surface area contributed by atoms with Gasteiger partial charge in [0.2, 0.25) is 0 Å². The Kier molecular flexibility index (Phi) is 4.98. The Morgan fingerprint density at radius 1 is 1.16 bits per heavy atom. The van der Waals surface area contributed by atoms with Gasteiger partial charge in [-0.15, -0.1) is 0 Å². The lowest BCUT2D eigenvalue weighted by molar-refractivity contribution is -0.137. The van der Waals surface area contributed by atoms with E-state index < -0.39 is 11.7 Å². The quantitative estimate of drug-likeness (QED) is 0.621. The molecule has 2 aromatic rings. The Morgan fingerprint density at radius 3 is 2.60 bits per heavy atom. The van der Waals surface area contributed by atoms with Gasteiger partial charge in [0.1, 0.15) is 0 Å². The fraction of sp³-hybridized carbons (Fsp3) is 0.350. The Labute approximate surface area is 145 Å². The molecule has 0 saturated heterocycles. The molecule has 0 N–H and O–H groups in total. The number of halogens is 3. The van der Waals surface area contributed by atoms with E-state index in [4.69, 9.17) is 0 Å². The lowest BCUT2D eigenvalue weighted by Crippen LogP contribution is -2.10. The summed E-state index contributed by atoms with van der Waals surface area (Å²) in [7, 11) is 0. The highest BCUT2D eigenvalue weighted by Gasteiger charge is 2.30. The van der Waals surface area contributed by atoms with Gasteiger partial charge in [0.05, 0.1) is 17.2 Å². The van der Waals surface area contributed by atoms with Crippen LogP contribution in [0.2, 0.25) is 0 Å². The van der Waals surface area contributed by atoms with Crippen molar-refractivity contribution < 1.29 is 13.2 Å². The van der Waals surface area contributed by atoms with Crippen LogP contribution in [0.15, 0.2) is 42.7 Å². The van der Waals surface area contributed by atoms with Crippen LogP contribution in [0, 0.1) is 11.3 Å². The van der Waals surface area contributed by atoms with Gasteiger partial charge < -0.3 is 4.57 Å². The second-order valence-electron chi connectivity index (χ2n) is 6.43. The third-order valence-corrected chi connectivity index (χ3v) is 4.67. The molecular formula is C20H19F3N2. The summed E-state index contributed by atoms with van der Waals surface area (Å²) in [5.74, 6) is 0. The van der Waals surface area contributed by atoms with Gasteiger partial charge >= 0.3 is 6.18 Å². The summed E-state index contributed by atoms with van der Waals surface area (Å²) in [4.78, 5) is 0. The molecule has 1 heterocycles. The van der Waals surface area contributed by atoms with Crippen molar-refractivity contribution in [2.75, 3.05) is 0 Å². The number of hydrogen-bond acceptors (Lipinski definition) is 1. The number of nitrogens with zero attached hydrogens (tertiary/aromatic N) is 2. The summed E-state index contributed by atoms with van der Waals surface area (Å²) >= 11 is 0. The lowest BCUT2D eigenvalue weighted by Gasteiger charge is -2.23. The Morgan fingerprint density at radius 2 is 1.92 bits per heavy atom. The number of benzene rings is 1. The van der Waals surface area contributed by atoms with Crippen LogP contribution < -0.4 is 0 Å². The molecule has 0 aliphatic heterocycles. The van der Waals surface area contributed by atoms with Crippen molar-refractivity contribution in [2.45, 2.75) is 44.3 Å². The van der Waals surface area contributed by atoms with Gasteiger partial charge in [-0.05, 0) is 48.2 Å². The topological polar surface area (TPSA) is 28.7 Å². The molecule has 1 saturated carbocycles. The third-order valence-electron chi connectivity index (χ3n) is 4.67. The first-order chi connectivity index (χ1) is 12.0. The van der Waals surface area contributed by atoms with Crippen molar-refractivity contribution in [1.29, 1.82) is 5.26 Å². The predicted molar refractivity (Wildman–Crippen MR) is 91.5 cm³/mol. The van der Waals surface area contributed by atoms with E-state index in [0.29, 0.717) is 6.04 Å². The largest absolute Gasteiger partial charge is 0.416 e. The van der Waals surface area contributed by atoms with Gasteiger partial charge in [0, 0.05) is 18.4 Å². The molecule has 0 radical (unpaired) electrons. The second kappa shape index (κ2) is 7.18. The highest BCUT2D eigenvalue weighted by atomic mass is 19.4. The summed E-state index contributed by atoms with van der Waals surface area (Å²) in [6.45, 7) is 0. The molecule has 0 amide bonds. The van der Waals surface area contributed by atoms with Crippen molar-refractivity contribution in [3.05, 3.63) is 59.4 Å². The molecular weight excluding hydrogens is 325 g/mol. The van der Waals surface area contributed by atoms with E-state index in [1.807, 2.05) is 24.5 Å². The van der Waals surface area contributed by atoms with Gasteiger partial charge in [0.25, 0.3) is 0 Å². The van der Waals surface area contributed by atoms with E-state index in [-0.39, 0.29) is 11.1 Å². The van der Waals surface area contributed by atoms with Gasteiger partial charge in [0.15, 0.2) is 0 Å². The normalized spacial score (nSPS) is 16.6. The number of aromatic nitrogens is 1. The fourth-order valence-electron chi connectivity index (χ4n) is 3.33. The van der Waals surface area contributed by atoms with Crippen LogP contribution in [0.5, 0.6) is 0 Å². The zero-order chi connectivity index (χ0) is 17.9. The molecule has 0 bridgehead atoms. The molecule has 1 aliphatic carbocycles. The number of allylic oxidation sites excluding steroid dienone is 1. The van der Waals surface area contributed by atoms with Crippen molar-refractivity contribution in [1.82, 2.24) is 4.57 Å². The van der Waals surface area contributed by atoms with E-state index in [1.54, 1.807) is 6.08 Å². The molecule has 25 heavy (non-hydrogen) atoms. The Bertz CT molecular complexity index is 803. The van der Waals surface area contributed by atoms with Crippen LogP contribution in [-0.4, -0.2) is 4.57 Å². The second-order valence-corrected chi connectivity index (χ2v) is 6.43. The molecule has 0 atom stereocenters. The Hall–Kier alpha value is -2.48. The van der Waals surface area contributed by atoms with Crippen LogP contribution in [0.1, 0.15) is 54.8 Å². The summed E-state index contributed by atoms with van der Waals surface area (Å²) in [5.41, 5.74) is 0.598. The number of hydrogen-bond donors (Lipinski definition) is 0. The van der Waals surface area contributed by atoms with Crippen LogP contribution in [0.3, 0.4) is 0 Å². The van der Waals surface area contributed by atoms with E-state index >= 15 is 0 Å². The van der Waals surface area contributed by atoms with Crippen molar-refractivity contribution in [3.8, 4) is 6.07 Å². The van der Waals surface area contributed by atoms with Crippen LogP contribution in [-0.2, 0) is 6.18 Å². The number of nitriles is 1. The molecule has 130 valence electrons. The van der Waals surface area contributed by atoms with E-state index in [1.165, 1.54) is 31.4 Å². The summed E-state index contributed by atoms with van der Waals surface area (Å²) in [6.07, 6.45) is 7.22. The minimum absolute atomic E-state index is 0.229. The van der Waals surface area contributed by atoms with Gasteiger partial charge in [-0.2, -0.15) is 18.4 Å². The molecule has 2 nitrogen and oxygen atoms in total. The number of rotatable bonds is 3. The van der Waals surface area contributed by atoms with Crippen LogP contribution in [0.25, 0.3) is 11.6 Å². The first-order valence-electron chi connectivity index (χ1n) is 8.44. The van der Waals surface area contributed by atoms with Gasteiger partial charge in [-0.3, -0.25) is 0 Å². The summed E-state index contributed by atoms with van der Waals surface area (Å²) in [5, 5.41) is 9.38. The van der Waals surface area contributed by atoms with Gasteiger partial charge in [-0.1, -0.05) is 31.4 Å². The molecule has 5 heteroatoms. The molecule has 1 aromatic carbocycles. The standard InChI is InChI=1S/C20H19F3N2/c21-20(22,23)18-6-4-5-16(12-18)17(13-24)11-15-9-10-25(14-15)19-7-2-1-3-8-19/h4-6,9-12,14,19H,1-3,7-8H2/b17-11+. The first kappa shape index (κ1) is 17.3. The zero-order valence-corrected chi connectivity index (χ0v) is 13.8. The zero-order valence-electron chi connectivity index (χ0n) is 13.8. The maximum Gasteiger partial charge on any atom is 0.416 e. The van der Waals surface area contributed by atoms with E-state index in [9.17, 15) is 18.4 Å². The van der Waals surface area contributed by atoms with Crippen molar-refractivity contribution in [2.24, 2.45) is 0 Å². The van der Waals surface area contributed by atoms with Crippen LogP contribution >= 0.6 is 0 Å². The molecule has 1 aromatic heterocycles. The maximum atomic E-state index is 12.9. The summed E-state index contributed by atoms with van der Waals surface area (Å²) < 4.78 is 40.8. The summed E-state index contributed by atoms with van der Waals surface area (Å²) in [6, 6.07) is 9.30. The third kappa shape index (κ3) is 4.14. The fourth-order valence-corrected chi connectivity index (χ4v) is 3.33. The monoisotopic (exact) mass is 344 g/mol. The maximum absolute atomic E-state index is 12.9. The number of alkyl halides is 3. The molecule has 0 unspecified atom stereocenters. The lowest BCUT2D eigenvalue weighted by atomic mass is 9.95. The smallest absolute Gasteiger partial charge is 0.351 e. The van der Waals surface area contributed by atoms with Crippen molar-refractivity contribution >= 4 is 11.6 Å². The molecule has 1 aliphatic rings. The minimum atomic E-state index is -4.42. The Balaban J connectivity index is 1.86. The van der Waals surface area contributed by atoms with Crippen molar-refractivity contribution in [3.63, 3.8) is 0 Å². The highest BCUT2D eigenvalue weighted by molar-refractivity contribution is 5.89. The highest BCUT2D eigenvalue weighted by Crippen LogP contribution is 2.32.